The van der Waals surface area contributed by atoms with Crippen LogP contribution in [-0.2, 0) is 6.54 Å². The second-order valence-electron chi connectivity index (χ2n) is 7.41. The lowest BCUT2D eigenvalue weighted by atomic mass is 10.1. The highest BCUT2D eigenvalue weighted by molar-refractivity contribution is 14.0. The Morgan fingerprint density at radius 2 is 1.90 bits per heavy atom. The molecule has 3 rings (SSSR count). The molecule has 1 heterocycles. The number of rotatable bonds is 8. The van der Waals surface area contributed by atoms with Crippen molar-refractivity contribution in [1.29, 1.82) is 0 Å². The molecule has 1 fully saturated rings. The highest BCUT2D eigenvalue weighted by Gasteiger charge is 2.24. The molecule has 1 aliphatic heterocycles. The Balaban J connectivity index is 0.00000341. The number of hydrogen-bond acceptors (Lipinski definition) is 4. The van der Waals surface area contributed by atoms with Gasteiger partial charge in [-0.2, -0.15) is 0 Å². The van der Waals surface area contributed by atoms with Gasteiger partial charge >= 0.3 is 0 Å². The largest absolute Gasteiger partial charge is 0.497 e. The Bertz CT molecular complexity index is 884. The van der Waals surface area contributed by atoms with E-state index >= 15 is 0 Å². The first-order valence-electron chi connectivity index (χ1n) is 10.3. The minimum Gasteiger partial charge on any atom is -0.497 e. The molecule has 8 heteroatoms. The van der Waals surface area contributed by atoms with E-state index in [9.17, 15) is 4.79 Å². The van der Waals surface area contributed by atoms with Gasteiger partial charge in [0, 0.05) is 25.7 Å². The number of amides is 1. The third kappa shape index (κ3) is 7.10. The summed E-state index contributed by atoms with van der Waals surface area (Å²) in [5, 5.41) is 6.77. The number of carbonyl (C=O) groups is 1. The predicted octanol–water partition coefficient (Wildman–Crippen LogP) is 2.91. The first kappa shape index (κ1) is 24.9. The maximum atomic E-state index is 11.4. The number of ether oxygens (including phenoxy) is 1. The van der Waals surface area contributed by atoms with Crippen LogP contribution in [0, 0.1) is 0 Å². The van der Waals surface area contributed by atoms with Crippen LogP contribution in [0.15, 0.2) is 53.5 Å². The monoisotopic (exact) mass is 537 g/mol. The number of nitrogens with zero attached hydrogens (tertiary/aromatic N) is 2. The van der Waals surface area contributed by atoms with Crippen molar-refractivity contribution in [3.05, 3.63) is 65.2 Å². The zero-order valence-corrected chi connectivity index (χ0v) is 20.5. The van der Waals surface area contributed by atoms with Crippen LogP contribution in [0.3, 0.4) is 0 Å². The van der Waals surface area contributed by atoms with E-state index in [1.807, 2.05) is 24.3 Å². The molecule has 1 unspecified atom stereocenters. The summed E-state index contributed by atoms with van der Waals surface area (Å²) < 4.78 is 5.42. The molecular weight excluding hydrogens is 505 g/mol. The van der Waals surface area contributed by atoms with E-state index in [2.05, 4.69) is 32.7 Å². The second kappa shape index (κ2) is 12.5. The fraction of sp³-hybridized carbons (Fsp3) is 0.391. The van der Waals surface area contributed by atoms with Crippen LogP contribution in [0.25, 0.3) is 0 Å². The average molecular weight is 537 g/mol. The summed E-state index contributed by atoms with van der Waals surface area (Å²) >= 11 is 0. The van der Waals surface area contributed by atoms with E-state index in [4.69, 9.17) is 10.5 Å². The van der Waals surface area contributed by atoms with Gasteiger partial charge in [-0.25, -0.2) is 0 Å². The van der Waals surface area contributed by atoms with Crippen molar-refractivity contribution in [2.45, 2.75) is 25.4 Å². The SMILES string of the molecule is CN=C(NCc1cccc(C(N)=O)c1)NCC(c1cccc(OC)c1)N1CCCC1.I. The van der Waals surface area contributed by atoms with Crippen molar-refractivity contribution in [1.82, 2.24) is 15.5 Å². The fourth-order valence-corrected chi connectivity index (χ4v) is 3.79. The van der Waals surface area contributed by atoms with Gasteiger partial charge in [0.25, 0.3) is 0 Å². The summed E-state index contributed by atoms with van der Waals surface area (Å²) in [7, 11) is 3.45. The second-order valence-corrected chi connectivity index (χ2v) is 7.41. The third-order valence-corrected chi connectivity index (χ3v) is 5.42. The highest BCUT2D eigenvalue weighted by atomic mass is 127. The summed E-state index contributed by atoms with van der Waals surface area (Å²) in [6.07, 6.45) is 2.45. The van der Waals surface area contributed by atoms with E-state index < -0.39 is 5.91 Å². The van der Waals surface area contributed by atoms with Gasteiger partial charge in [-0.05, 0) is 61.3 Å². The first-order chi connectivity index (χ1) is 14.6. The molecule has 1 aliphatic rings. The number of likely N-dealkylation sites (tertiary alicyclic amines) is 1. The molecule has 0 bridgehead atoms. The lowest BCUT2D eigenvalue weighted by molar-refractivity contribution is 0.1000. The molecule has 4 N–H and O–H groups in total. The van der Waals surface area contributed by atoms with E-state index in [0.29, 0.717) is 18.1 Å². The number of nitrogens with two attached hydrogens (primary N) is 1. The summed E-state index contributed by atoms with van der Waals surface area (Å²) in [6, 6.07) is 15.8. The van der Waals surface area contributed by atoms with E-state index in [-0.39, 0.29) is 30.0 Å². The molecular formula is C23H32IN5O2. The molecule has 1 amide bonds. The Morgan fingerprint density at radius 1 is 1.16 bits per heavy atom. The Morgan fingerprint density at radius 3 is 2.58 bits per heavy atom. The number of benzene rings is 2. The number of halogens is 1. The molecule has 168 valence electrons. The molecule has 2 aromatic carbocycles. The molecule has 2 aromatic rings. The standard InChI is InChI=1S/C23H31N5O2.HI/c1-25-23(26-15-17-7-5-9-19(13-17)22(24)29)27-16-21(28-11-3-4-12-28)18-8-6-10-20(14-18)30-2;/h5-10,13-14,21H,3-4,11-12,15-16H2,1-2H3,(H2,24,29)(H2,25,26,27);1H. The Kier molecular flexibility index (Phi) is 10.1. The highest BCUT2D eigenvalue weighted by Crippen LogP contribution is 2.27. The normalized spacial score (nSPS) is 15.1. The topological polar surface area (TPSA) is 92.0 Å². The summed E-state index contributed by atoms with van der Waals surface area (Å²) in [6.45, 7) is 3.47. The van der Waals surface area contributed by atoms with Gasteiger partial charge in [0.1, 0.15) is 5.75 Å². The lowest BCUT2D eigenvalue weighted by Gasteiger charge is -2.29. The smallest absolute Gasteiger partial charge is 0.248 e. The van der Waals surface area contributed by atoms with Gasteiger partial charge in [0.05, 0.1) is 13.2 Å². The van der Waals surface area contributed by atoms with Crippen LogP contribution in [0.4, 0.5) is 0 Å². The van der Waals surface area contributed by atoms with E-state index in [0.717, 1.165) is 30.9 Å². The number of guanidine groups is 1. The molecule has 0 saturated carbocycles. The molecule has 0 aromatic heterocycles. The number of aliphatic imine (C=N–C) groups is 1. The number of carbonyl (C=O) groups excluding carboxylic acids is 1. The Labute approximate surface area is 201 Å². The fourth-order valence-electron chi connectivity index (χ4n) is 3.79. The lowest BCUT2D eigenvalue weighted by Crippen LogP contribution is -2.42. The van der Waals surface area contributed by atoms with Crippen LogP contribution in [-0.4, -0.2) is 50.6 Å². The maximum Gasteiger partial charge on any atom is 0.248 e. The Hall–Kier alpha value is -2.33. The average Bonchev–Trinajstić information content (AvgIpc) is 3.31. The van der Waals surface area contributed by atoms with Crippen molar-refractivity contribution in [3.63, 3.8) is 0 Å². The van der Waals surface area contributed by atoms with Gasteiger partial charge in [-0.15, -0.1) is 24.0 Å². The van der Waals surface area contributed by atoms with Gasteiger partial charge in [-0.1, -0.05) is 24.3 Å². The number of methoxy groups -OCH3 is 1. The van der Waals surface area contributed by atoms with Gasteiger partial charge in [0.15, 0.2) is 5.96 Å². The third-order valence-electron chi connectivity index (χ3n) is 5.42. The van der Waals surface area contributed by atoms with Crippen molar-refractivity contribution < 1.29 is 9.53 Å². The summed E-state index contributed by atoms with van der Waals surface area (Å²) in [5.41, 5.74) is 8.08. The van der Waals surface area contributed by atoms with Crippen LogP contribution < -0.4 is 21.1 Å². The molecule has 0 aliphatic carbocycles. The van der Waals surface area contributed by atoms with Crippen LogP contribution in [0.2, 0.25) is 0 Å². The molecule has 0 spiro atoms. The quantitative estimate of drug-likeness (QED) is 0.274. The minimum atomic E-state index is -0.425. The summed E-state index contributed by atoms with van der Waals surface area (Å²) in [5.74, 6) is 1.16. The molecule has 1 atom stereocenters. The van der Waals surface area contributed by atoms with Crippen LogP contribution >= 0.6 is 24.0 Å². The molecule has 7 nitrogen and oxygen atoms in total. The minimum absolute atomic E-state index is 0. The van der Waals surface area contributed by atoms with Crippen LogP contribution in [0.1, 0.15) is 40.4 Å². The van der Waals surface area contributed by atoms with Crippen molar-refractivity contribution in [3.8, 4) is 5.75 Å². The first-order valence-corrected chi connectivity index (χ1v) is 10.3. The zero-order valence-electron chi connectivity index (χ0n) is 18.1. The molecule has 1 saturated heterocycles. The predicted molar refractivity (Wildman–Crippen MR) is 135 cm³/mol. The van der Waals surface area contributed by atoms with Crippen molar-refractivity contribution >= 4 is 35.8 Å². The van der Waals surface area contributed by atoms with E-state index in [1.165, 1.54) is 18.4 Å². The van der Waals surface area contributed by atoms with E-state index in [1.54, 1.807) is 26.3 Å². The molecule has 31 heavy (non-hydrogen) atoms. The van der Waals surface area contributed by atoms with Crippen molar-refractivity contribution in [2.24, 2.45) is 10.7 Å². The molecule has 0 radical (unpaired) electrons. The number of hydrogen-bond donors (Lipinski definition) is 3. The van der Waals surface area contributed by atoms with Crippen LogP contribution in [0.5, 0.6) is 5.75 Å². The zero-order chi connectivity index (χ0) is 21.3. The van der Waals surface area contributed by atoms with Gasteiger partial charge < -0.3 is 21.1 Å². The van der Waals surface area contributed by atoms with Crippen molar-refractivity contribution in [2.75, 3.05) is 33.8 Å². The van der Waals surface area contributed by atoms with Gasteiger partial charge in [0.2, 0.25) is 5.91 Å². The maximum absolute atomic E-state index is 11.4. The number of primary amides is 1. The number of nitrogens with one attached hydrogen (secondary N) is 2. The van der Waals surface area contributed by atoms with Gasteiger partial charge in [-0.3, -0.25) is 14.7 Å². The summed E-state index contributed by atoms with van der Waals surface area (Å²) in [4.78, 5) is 18.2.